The van der Waals surface area contributed by atoms with Gasteiger partial charge in [0.25, 0.3) is 0 Å². The van der Waals surface area contributed by atoms with Gasteiger partial charge in [-0.25, -0.2) is 4.79 Å². The fraction of sp³-hybridized carbons (Fsp3) is 0.235. The first kappa shape index (κ1) is 14.9. The molecule has 0 saturated heterocycles. The molecule has 0 amide bonds. The summed E-state index contributed by atoms with van der Waals surface area (Å²) in [6.45, 7) is 6.20. The van der Waals surface area contributed by atoms with Crippen LogP contribution in [0.2, 0.25) is 0 Å². The number of rotatable bonds is 4. The largest absolute Gasteiger partial charge is 0.462 e. The van der Waals surface area contributed by atoms with Crippen LogP contribution < -0.4 is 11.1 Å². The molecule has 2 aromatic rings. The number of aryl methyl sites for hydroxylation is 1. The second-order valence-corrected chi connectivity index (χ2v) is 4.86. The number of carbonyl (C=O) groups excluding carboxylic acids is 1. The smallest absolute Gasteiger partial charge is 0.340 e. The van der Waals surface area contributed by atoms with Gasteiger partial charge in [-0.2, -0.15) is 0 Å². The first-order chi connectivity index (χ1) is 10.0. The maximum Gasteiger partial charge on any atom is 0.340 e. The predicted octanol–water partition coefficient (Wildman–Crippen LogP) is 3.81. The van der Waals surface area contributed by atoms with E-state index in [0.29, 0.717) is 23.5 Å². The lowest BCUT2D eigenvalue weighted by Gasteiger charge is -2.15. The Morgan fingerprint density at radius 2 is 1.81 bits per heavy atom. The third-order valence-electron chi connectivity index (χ3n) is 3.48. The van der Waals surface area contributed by atoms with E-state index in [1.807, 2.05) is 25.1 Å². The van der Waals surface area contributed by atoms with E-state index < -0.39 is 5.97 Å². The van der Waals surface area contributed by atoms with Gasteiger partial charge in [0.2, 0.25) is 0 Å². The van der Waals surface area contributed by atoms with Crippen LogP contribution >= 0.6 is 0 Å². The number of benzene rings is 2. The molecule has 4 nitrogen and oxygen atoms in total. The minimum Gasteiger partial charge on any atom is -0.462 e. The molecule has 0 aromatic heterocycles. The molecule has 0 spiro atoms. The van der Waals surface area contributed by atoms with Crippen molar-refractivity contribution in [2.24, 2.45) is 0 Å². The number of ether oxygens (including phenoxy) is 1. The molecular weight excluding hydrogens is 264 g/mol. The Balaban J connectivity index is 2.35. The maximum atomic E-state index is 11.9. The molecule has 0 unspecified atom stereocenters. The Hall–Kier alpha value is -2.49. The monoisotopic (exact) mass is 284 g/mol. The zero-order valence-corrected chi connectivity index (χ0v) is 12.6. The molecule has 0 bridgehead atoms. The third kappa shape index (κ3) is 3.16. The van der Waals surface area contributed by atoms with Crippen LogP contribution in [-0.2, 0) is 4.74 Å². The van der Waals surface area contributed by atoms with Crippen molar-refractivity contribution in [3.05, 3.63) is 53.1 Å². The van der Waals surface area contributed by atoms with Crippen molar-refractivity contribution in [1.82, 2.24) is 0 Å². The van der Waals surface area contributed by atoms with Crippen LogP contribution in [-0.4, -0.2) is 12.6 Å². The van der Waals surface area contributed by atoms with E-state index in [-0.39, 0.29) is 0 Å². The average Bonchev–Trinajstić information content (AvgIpc) is 2.46. The zero-order chi connectivity index (χ0) is 15.4. The summed E-state index contributed by atoms with van der Waals surface area (Å²) < 4.78 is 5.01. The van der Waals surface area contributed by atoms with Gasteiger partial charge in [-0.1, -0.05) is 18.2 Å². The average molecular weight is 284 g/mol. The highest BCUT2D eigenvalue weighted by Gasteiger charge is 2.14. The minimum absolute atomic E-state index is 0.326. The topological polar surface area (TPSA) is 64.3 Å². The van der Waals surface area contributed by atoms with E-state index in [1.54, 1.807) is 19.1 Å². The molecule has 0 heterocycles. The van der Waals surface area contributed by atoms with Crippen LogP contribution in [0.1, 0.15) is 28.4 Å². The molecule has 0 radical (unpaired) electrons. The molecule has 2 aromatic carbocycles. The van der Waals surface area contributed by atoms with Gasteiger partial charge in [0, 0.05) is 5.69 Å². The van der Waals surface area contributed by atoms with Crippen molar-refractivity contribution in [3.8, 4) is 0 Å². The molecule has 0 saturated carbocycles. The standard InChI is InChI=1S/C17H20N2O2/c1-4-21-17(20)13-8-6-10-15(16(13)18)19-14-9-5-7-11(2)12(14)3/h5-10,19H,4,18H2,1-3H3. The molecule has 2 rings (SSSR count). The summed E-state index contributed by atoms with van der Waals surface area (Å²) >= 11 is 0. The van der Waals surface area contributed by atoms with Crippen molar-refractivity contribution in [1.29, 1.82) is 0 Å². The zero-order valence-electron chi connectivity index (χ0n) is 12.6. The fourth-order valence-electron chi connectivity index (χ4n) is 2.09. The van der Waals surface area contributed by atoms with Crippen molar-refractivity contribution in [2.75, 3.05) is 17.7 Å². The molecule has 110 valence electrons. The number of nitrogens with one attached hydrogen (secondary N) is 1. The number of hydrogen-bond donors (Lipinski definition) is 2. The van der Waals surface area contributed by atoms with Gasteiger partial charge < -0.3 is 15.8 Å². The summed E-state index contributed by atoms with van der Waals surface area (Å²) in [6, 6.07) is 11.3. The molecule has 4 heteroatoms. The number of nitrogen functional groups attached to an aromatic ring is 1. The van der Waals surface area contributed by atoms with Crippen molar-refractivity contribution >= 4 is 23.0 Å². The Morgan fingerprint density at radius 3 is 2.52 bits per heavy atom. The normalized spacial score (nSPS) is 10.2. The Labute approximate surface area is 124 Å². The van der Waals surface area contributed by atoms with Gasteiger partial charge in [0.15, 0.2) is 0 Å². The molecule has 21 heavy (non-hydrogen) atoms. The van der Waals surface area contributed by atoms with E-state index in [4.69, 9.17) is 10.5 Å². The lowest BCUT2D eigenvalue weighted by molar-refractivity contribution is 0.0527. The van der Waals surface area contributed by atoms with Gasteiger partial charge in [0.1, 0.15) is 0 Å². The Kier molecular flexibility index (Phi) is 4.48. The van der Waals surface area contributed by atoms with Crippen LogP contribution in [0.3, 0.4) is 0 Å². The lowest BCUT2D eigenvalue weighted by Crippen LogP contribution is -2.09. The van der Waals surface area contributed by atoms with Crippen molar-refractivity contribution in [3.63, 3.8) is 0 Å². The minimum atomic E-state index is -0.403. The van der Waals surface area contributed by atoms with Crippen LogP contribution in [0.25, 0.3) is 0 Å². The van der Waals surface area contributed by atoms with Gasteiger partial charge in [-0.15, -0.1) is 0 Å². The lowest BCUT2D eigenvalue weighted by atomic mass is 10.1. The number of para-hydroxylation sites is 1. The molecular formula is C17H20N2O2. The SMILES string of the molecule is CCOC(=O)c1cccc(Nc2cccc(C)c2C)c1N. The quantitative estimate of drug-likeness (QED) is 0.662. The van der Waals surface area contributed by atoms with Gasteiger partial charge in [-0.05, 0) is 50.1 Å². The highest BCUT2D eigenvalue weighted by atomic mass is 16.5. The number of hydrogen-bond acceptors (Lipinski definition) is 4. The summed E-state index contributed by atoms with van der Waals surface area (Å²) in [7, 11) is 0. The molecule has 0 atom stereocenters. The van der Waals surface area contributed by atoms with Crippen LogP contribution in [0.15, 0.2) is 36.4 Å². The predicted molar refractivity (Wildman–Crippen MR) is 86.0 cm³/mol. The van der Waals surface area contributed by atoms with E-state index in [2.05, 4.69) is 18.3 Å². The van der Waals surface area contributed by atoms with Crippen molar-refractivity contribution < 1.29 is 9.53 Å². The molecule has 0 fully saturated rings. The van der Waals surface area contributed by atoms with Gasteiger partial charge >= 0.3 is 5.97 Å². The summed E-state index contributed by atoms with van der Waals surface area (Å²) in [5, 5.41) is 3.29. The van der Waals surface area contributed by atoms with Crippen molar-refractivity contribution in [2.45, 2.75) is 20.8 Å². The van der Waals surface area contributed by atoms with Crippen LogP contribution in [0.5, 0.6) is 0 Å². The van der Waals surface area contributed by atoms with E-state index in [1.165, 1.54) is 5.56 Å². The Bertz CT molecular complexity index is 666. The summed E-state index contributed by atoms with van der Waals surface area (Å²) in [4.78, 5) is 11.9. The summed E-state index contributed by atoms with van der Waals surface area (Å²) in [5.74, 6) is -0.403. The van der Waals surface area contributed by atoms with E-state index >= 15 is 0 Å². The molecule has 0 aliphatic rings. The van der Waals surface area contributed by atoms with E-state index in [0.717, 1.165) is 11.3 Å². The Morgan fingerprint density at radius 1 is 1.14 bits per heavy atom. The number of nitrogens with two attached hydrogens (primary N) is 1. The first-order valence-electron chi connectivity index (χ1n) is 6.93. The molecule has 0 aliphatic heterocycles. The van der Waals surface area contributed by atoms with E-state index in [9.17, 15) is 4.79 Å². The third-order valence-corrected chi connectivity index (χ3v) is 3.48. The second kappa shape index (κ2) is 6.31. The number of carbonyl (C=O) groups is 1. The molecule has 0 aliphatic carbocycles. The second-order valence-electron chi connectivity index (χ2n) is 4.86. The summed E-state index contributed by atoms with van der Waals surface area (Å²) in [5.41, 5.74) is 10.9. The van der Waals surface area contributed by atoms with Crippen LogP contribution in [0, 0.1) is 13.8 Å². The summed E-state index contributed by atoms with van der Waals surface area (Å²) in [6.07, 6.45) is 0. The van der Waals surface area contributed by atoms with Gasteiger partial charge in [-0.3, -0.25) is 0 Å². The van der Waals surface area contributed by atoms with Gasteiger partial charge in [0.05, 0.1) is 23.5 Å². The molecule has 3 N–H and O–H groups in total. The number of esters is 1. The highest BCUT2D eigenvalue weighted by Crippen LogP contribution is 2.29. The van der Waals surface area contributed by atoms with Crippen LogP contribution in [0.4, 0.5) is 17.1 Å². The fourth-order valence-corrected chi connectivity index (χ4v) is 2.09. The first-order valence-corrected chi connectivity index (χ1v) is 6.93. The highest BCUT2D eigenvalue weighted by molar-refractivity contribution is 5.99. The number of anilines is 3. The maximum absolute atomic E-state index is 11.9.